The summed E-state index contributed by atoms with van der Waals surface area (Å²) < 4.78 is 33.5. The topological polar surface area (TPSA) is 81.9 Å². The van der Waals surface area contributed by atoms with Gasteiger partial charge in [-0.2, -0.15) is 0 Å². The molecule has 2 aromatic rings. The molecule has 7 nitrogen and oxygen atoms in total. The third-order valence-corrected chi connectivity index (χ3v) is 4.44. The van der Waals surface area contributed by atoms with Crippen molar-refractivity contribution in [3.63, 3.8) is 0 Å². The van der Waals surface area contributed by atoms with Gasteiger partial charge in [0.05, 0.1) is 5.69 Å². The molecule has 1 amide bonds. The Morgan fingerprint density at radius 1 is 1.30 bits per heavy atom. The fraction of sp³-hybridized carbons (Fsp3) is 0.385. The molecule has 0 radical (unpaired) electrons. The molecule has 122 valence electrons. The number of carbonyl (C=O) groups is 1. The van der Waals surface area contributed by atoms with E-state index in [1.54, 1.807) is 0 Å². The molecule has 0 bridgehead atoms. The van der Waals surface area contributed by atoms with Crippen molar-refractivity contribution in [3.05, 3.63) is 34.6 Å². The van der Waals surface area contributed by atoms with Gasteiger partial charge in [-0.3, -0.25) is 4.79 Å². The number of nitrogens with one attached hydrogen (secondary N) is 1. The van der Waals surface area contributed by atoms with Gasteiger partial charge in [0.2, 0.25) is 0 Å². The molecule has 3 rings (SSSR count). The number of tetrazole rings is 1. The van der Waals surface area contributed by atoms with Gasteiger partial charge < -0.3 is 10.1 Å². The van der Waals surface area contributed by atoms with E-state index in [2.05, 4.69) is 36.8 Å². The van der Waals surface area contributed by atoms with Crippen LogP contribution >= 0.6 is 15.9 Å². The summed E-state index contributed by atoms with van der Waals surface area (Å²) >= 11 is 3.11. The van der Waals surface area contributed by atoms with Crippen LogP contribution in [-0.4, -0.2) is 39.3 Å². The van der Waals surface area contributed by atoms with Gasteiger partial charge in [0.25, 0.3) is 5.91 Å². The standard InChI is InChI=1S/C13H12BrF2N5O2/c14-8-5-9(15)10(16)6-11(8)18-12(22)13(1-3-23-4-2-13)21-7-17-19-20-21/h5-7H,1-4H2,(H,18,22). The lowest BCUT2D eigenvalue weighted by Gasteiger charge is -2.35. The van der Waals surface area contributed by atoms with Gasteiger partial charge in [0.15, 0.2) is 11.6 Å². The minimum atomic E-state index is -1.05. The maximum absolute atomic E-state index is 13.4. The minimum absolute atomic E-state index is 0.132. The summed E-state index contributed by atoms with van der Waals surface area (Å²) in [7, 11) is 0. The number of halogens is 3. The number of hydrogen-bond donors (Lipinski definition) is 1. The number of benzene rings is 1. The molecule has 0 saturated carbocycles. The zero-order valence-corrected chi connectivity index (χ0v) is 13.4. The van der Waals surface area contributed by atoms with Crippen LogP contribution in [0.1, 0.15) is 12.8 Å². The summed E-state index contributed by atoms with van der Waals surface area (Å²) in [5.74, 6) is -2.47. The van der Waals surface area contributed by atoms with Gasteiger partial charge >= 0.3 is 0 Å². The van der Waals surface area contributed by atoms with Gasteiger partial charge in [0.1, 0.15) is 11.9 Å². The summed E-state index contributed by atoms with van der Waals surface area (Å²) in [6, 6.07) is 1.88. The number of nitrogens with zero attached hydrogens (tertiary/aromatic N) is 4. The van der Waals surface area contributed by atoms with Crippen LogP contribution in [-0.2, 0) is 15.1 Å². The summed E-state index contributed by atoms with van der Waals surface area (Å²) in [5, 5.41) is 13.6. The zero-order chi connectivity index (χ0) is 16.4. The van der Waals surface area contributed by atoms with Crippen molar-refractivity contribution in [2.45, 2.75) is 18.4 Å². The molecule has 1 fully saturated rings. The molecular formula is C13H12BrF2N5O2. The second-order valence-electron chi connectivity index (χ2n) is 5.10. The molecule has 10 heteroatoms. The van der Waals surface area contributed by atoms with Gasteiger partial charge in [-0.15, -0.1) is 5.10 Å². The lowest BCUT2D eigenvalue weighted by molar-refractivity contribution is -0.130. The number of rotatable bonds is 3. The van der Waals surface area contributed by atoms with Crippen LogP contribution in [0.25, 0.3) is 0 Å². The minimum Gasteiger partial charge on any atom is -0.381 e. The molecule has 0 unspecified atom stereocenters. The second kappa shape index (κ2) is 6.28. The Balaban J connectivity index is 1.92. The average Bonchev–Trinajstić information content (AvgIpc) is 3.08. The predicted molar refractivity (Wildman–Crippen MR) is 78.5 cm³/mol. The highest BCUT2D eigenvalue weighted by Crippen LogP contribution is 2.32. The molecule has 1 aromatic carbocycles. The summed E-state index contributed by atoms with van der Waals surface area (Å²) in [4.78, 5) is 12.8. The maximum Gasteiger partial charge on any atom is 0.252 e. The first-order chi connectivity index (χ1) is 11.0. The highest BCUT2D eigenvalue weighted by molar-refractivity contribution is 9.10. The highest BCUT2D eigenvalue weighted by Gasteiger charge is 2.43. The largest absolute Gasteiger partial charge is 0.381 e. The molecule has 1 aliphatic heterocycles. The van der Waals surface area contributed by atoms with Crippen molar-refractivity contribution >= 4 is 27.5 Å². The Morgan fingerprint density at radius 3 is 2.65 bits per heavy atom. The molecule has 1 N–H and O–H groups in total. The second-order valence-corrected chi connectivity index (χ2v) is 5.95. The molecule has 0 aliphatic carbocycles. The van der Waals surface area contributed by atoms with Crippen LogP contribution in [0.2, 0.25) is 0 Å². The Labute approximate surface area is 138 Å². The molecule has 1 aliphatic rings. The molecule has 0 atom stereocenters. The smallest absolute Gasteiger partial charge is 0.252 e. The van der Waals surface area contributed by atoms with Gasteiger partial charge in [-0.1, -0.05) is 0 Å². The van der Waals surface area contributed by atoms with Crippen molar-refractivity contribution in [1.82, 2.24) is 20.2 Å². The number of anilines is 1. The van der Waals surface area contributed by atoms with E-state index in [1.165, 1.54) is 11.0 Å². The first-order valence-electron chi connectivity index (χ1n) is 6.80. The Bertz CT molecular complexity index is 719. The maximum atomic E-state index is 13.4. The van der Waals surface area contributed by atoms with Crippen LogP contribution in [0.15, 0.2) is 22.9 Å². The molecule has 2 heterocycles. The monoisotopic (exact) mass is 387 g/mol. The van der Waals surface area contributed by atoms with Gasteiger partial charge in [-0.05, 0) is 32.4 Å². The first-order valence-corrected chi connectivity index (χ1v) is 7.59. The Morgan fingerprint density at radius 2 is 2.00 bits per heavy atom. The number of aromatic nitrogens is 4. The molecule has 0 spiro atoms. The van der Waals surface area contributed by atoms with E-state index in [4.69, 9.17) is 4.74 Å². The molecule has 1 saturated heterocycles. The third-order valence-electron chi connectivity index (χ3n) is 3.79. The van der Waals surface area contributed by atoms with Crippen molar-refractivity contribution < 1.29 is 18.3 Å². The van der Waals surface area contributed by atoms with E-state index in [9.17, 15) is 13.6 Å². The van der Waals surface area contributed by atoms with Crippen molar-refractivity contribution in [1.29, 1.82) is 0 Å². The molecule has 23 heavy (non-hydrogen) atoms. The van der Waals surface area contributed by atoms with E-state index in [0.29, 0.717) is 26.1 Å². The summed E-state index contributed by atoms with van der Waals surface area (Å²) in [5.41, 5.74) is -0.903. The lowest BCUT2D eigenvalue weighted by Crippen LogP contribution is -2.49. The zero-order valence-electron chi connectivity index (χ0n) is 11.8. The van der Waals surface area contributed by atoms with E-state index in [-0.39, 0.29) is 10.2 Å². The van der Waals surface area contributed by atoms with Crippen molar-refractivity contribution in [2.24, 2.45) is 0 Å². The third kappa shape index (κ3) is 2.95. The van der Waals surface area contributed by atoms with Crippen LogP contribution < -0.4 is 5.32 Å². The molecular weight excluding hydrogens is 376 g/mol. The normalized spacial score (nSPS) is 17.0. The highest BCUT2D eigenvalue weighted by atomic mass is 79.9. The lowest BCUT2D eigenvalue weighted by atomic mass is 9.89. The number of carbonyl (C=O) groups excluding carboxylic acids is 1. The van der Waals surface area contributed by atoms with Crippen LogP contribution in [0.5, 0.6) is 0 Å². The average molecular weight is 388 g/mol. The van der Waals surface area contributed by atoms with Crippen LogP contribution in [0.3, 0.4) is 0 Å². The Hall–Kier alpha value is -1.94. The summed E-state index contributed by atoms with van der Waals surface area (Å²) in [6.45, 7) is 0.735. The number of hydrogen-bond acceptors (Lipinski definition) is 5. The van der Waals surface area contributed by atoms with Gasteiger partial charge in [-0.25, -0.2) is 13.5 Å². The van der Waals surface area contributed by atoms with Crippen molar-refractivity contribution in [3.8, 4) is 0 Å². The molecule has 1 aromatic heterocycles. The Kier molecular flexibility index (Phi) is 4.35. The van der Waals surface area contributed by atoms with E-state index >= 15 is 0 Å². The fourth-order valence-corrected chi connectivity index (χ4v) is 2.90. The fourth-order valence-electron chi connectivity index (χ4n) is 2.48. The van der Waals surface area contributed by atoms with E-state index < -0.39 is 23.1 Å². The van der Waals surface area contributed by atoms with Gasteiger partial charge in [0, 0.05) is 36.6 Å². The quantitative estimate of drug-likeness (QED) is 0.812. The summed E-state index contributed by atoms with van der Waals surface area (Å²) in [6.07, 6.45) is 2.08. The predicted octanol–water partition coefficient (Wildman–Crippen LogP) is 1.86. The number of amides is 1. The first kappa shape index (κ1) is 15.9. The van der Waals surface area contributed by atoms with Crippen LogP contribution in [0, 0.1) is 11.6 Å². The van der Waals surface area contributed by atoms with Crippen molar-refractivity contribution in [2.75, 3.05) is 18.5 Å². The number of ether oxygens (including phenoxy) is 1. The van der Waals surface area contributed by atoms with E-state index in [0.717, 1.165) is 12.1 Å². The van der Waals surface area contributed by atoms with Crippen LogP contribution in [0.4, 0.5) is 14.5 Å². The van der Waals surface area contributed by atoms with E-state index in [1.807, 2.05) is 0 Å². The SMILES string of the molecule is O=C(Nc1cc(F)c(F)cc1Br)C1(n2cnnn2)CCOCC1.